The third kappa shape index (κ3) is 2.31. The molecule has 1 aliphatic heterocycles. The molecular weight excluding hydrogens is 216 g/mol. The molecule has 1 fully saturated rings. The Bertz CT molecular complexity index is 345. The Morgan fingerprint density at radius 1 is 1.36 bits per heavy atom. The number of nitrogens with zero attached hydrogens (tertiary/aromatic N) is 3. The molecule has 0 radical (unpaired) electrons. The summed E-state index contributed by atoms with van der Waals surface area (Å²) < 4.78 is 0.762. The van der Waals surface area contributed by atoms with E-state index in [1.54, 1.807) is 11.3 Å². The molecule has 78 valence electrons. The standard InChI is InChI=1S/C8H14N4S2/c1-11-3-2-4-12(6-5-11)7-9-10-8(13)14-7/h2-6H2,1H3,(H,10,13). The summed E-state index contributed by atoms with van der Waals surface area (Å²) in [6, 6.07) is 0. The Kier molecular flexibility index (Phi) is 3.15. The second kappa shape index (κ2) is 4.37. The SMILES string of the molecule is CN1CCCN(c2n[nH]c(=S)s2)CC1. The van der Waals surface area contributed by atoms with E-state index >= 15 is 0 Å². The number of rotatable bonds is 1. The Labute approximate surface area is 92.5 Å². The fourth-order valence-corrected chi connectivity index (χ4v) is 2.52. The van der Waals surface area contributed by atoms with Crippen molar-refractivity contribution in [2.45, 2.75) is 6.42 Å². The van der Waals surface area contributed by atoms with Crippen LogP contribution in [0.5, 0.6) is 0 Å². The van der Waals surface area contributed by atoms with Gasteiger partial charge in [0.1, 0.15) is 0 Å². The van der Waals surface area contributed by atoms with Crippen molar-refractivity contribution in [2.24, 2.45) is 0 Å². The van der Waals surface area contributed by atoms with Gasteiger partial charge in [-0.25, -0.2) is 0 Å². The first-order chi connectivity index (χ1) is 6.75. The minimum atomic E-state index is 0.762. The van der Waals surface area contributed by atoms with Crippen LogP contribution in [-0.2, 0) is 0 Å². The first-order valence-electron chi connectivity index (χ1n) is 4.75. The predicted octanol–water partition coefficient (Wildman–Crippen LogP) is 1.34. The summed E-state index contributed by atoms with van der Waals surface area (Å²) in [5.74, 6) is 0. The van der Waals surface area contributed by atoms with E-state index < -0.39 is 0 Å². The van der Waals surface area contributed by atoms with Crippen LogP contribution in [0.25, 0.3) is 0 Å². The molecule has 0 aliphatic carbocycles. The largest absolute Gasteiger partial charge is 0.345 e. The molecule has 0 atom stereocenters. The summed E-state index contributed by atoms with van der Waals surface area (Å²) in [6.07, 6.45) is 1.20. The van der Waals surface area contributed by atoms with E-state index in [2.05, 4.69) is 27.0 Å². The molecule has 4 nitrogen and oxygen atoms in total. The van der Waals surface area contributed by atoms with Crippen LogP contribution in [0.1, 0.15) is 6.42 Å². The summed E-state index contributed by atoms with van der Waals surface area (Å²) in [4.78, 5) is 4.66. The number of aromatic amines is 1. The number of hydrogen-bond acceptors (Lipinski definition) is 5. The molecule has 0 spiro atoms. The summed E-state index contributed by atoms with van der Waals surface area (Å²) in [7, 11) is 2.16. The molecule has 0 unspecified atom stereocenters. The molecular formula is C8H14N4S2. The van der Waals surface area contributed by atoms with E-state index in [1.807, 2.05) is 0 Å². The van der Waals surface area contributed by atoms with Gasteiger partial charge in [0, 0.05) is 19.6 Å². The normalized spacial score (nSPS) is 19.6. The topological polar surface area (TPSA) is 35.2 Å². The molecule has 1 aromatic heterocycles. The van der Waals surface area contributed by atoms with Gasteiger partial charge in [0.05, 0.1) is 0 Å². The lowest BCUT2D eigenvalue weighted by Crippen LogP contribution is -2.28. The molecule has 2 heterocycles. The highest BCUT2D eigenvalue weighted by molar-refractivity contribution is 7.73. The fraction of sp³-hybridized carbons (Fsp3) is 0.750. The van der Waals surface area contributed by atoms with Gasteiger partial charge < -0.3 is 9.80 Å². The lowest BCUT2D eigenvalue weighted by atomic mass is 10.4. The highest BCUT2D eigenvalue weighted by Crippen LogP contribution is 2.18. The number of aromatic nitrogens is 2. The minimum Gasteiger partial charge on any atom is -0.345 e. The van der Waals surface area contributed by atoms with Gasteiger partial charge in [-0.15, -0.1) is 5.10 Å². The second-order valence-electron chi connectivity index (χ2n) is 3.54. The molecule has 1 N–H and O–H groups in total. The molecule has 1 saturated heterocycles. The van der Waals surface area contributed by atoms with Gasteiger partial charge in [-0.3, -0.25) is 5.10 Å². The van der Waals surface area contributed by atoms with Gasteiger partial charge in [0.15, 0.2) is 3.95 Å². The van der Waals surface area contributed by atoms with Crippen molar-refractivity contribution in [3.63, 3.8) is 0 Å². The molecule has 6 heteroatoms. The molecule has 0 saturated carbocycles. The van der Waals surface area contributed by atoms with Crippen LogP contribution < -0.4 is 4.90 Å². The predicted molar refractivity (Wildman–Crippen MR) is 61.6 cm³/mol. The summed E-state index contributed by atoms with van der Waals surface area (Å²) >= 11 is 6.58. The average Bonchev–Trinajstić information content (AvgIpc) is 2.46. The van der Waals surface area contributed by atoms with Gasteiger partial charge in [-0.2, -0.15) is 0 Å². The van der Waals surface area contributed by atoms with Crippen LogP contribution in [-0.4, -0.2) is 48.3 Å². The maximum atomic E-state index is 5.02. The van der Waals surface area contributed by atoms with Crippen LogP contribution >= 0.6 is 23.6 Å². The Balaban J connectivity index is 2.07. The first-order valence-corrected chi connectivity index (χ1v) is 5.97. The number of nitrogens with one attached hydrogen (secondary N) is 1. The van der Waals surface area contributed by atoms with Crippen LogP contribution in [0, 0.1) is 3.95 Å². The van der Waals surface area contributed by atoms with Crippen molar-refractivity contribution >= 4 is 28.7 Å². The second-order valence-corrected chi connectivity index (χ2v) is 5.18. The summed E-state index contributed by atoms with van der Waals surface area (Å²) in [5, 5.41) is 8.06. The van der Waals surface area contributed by atoms with E-state index in [9.17, 15) is 0 Å². The maximum Gasteiger partial charge on any atom is 0.206 e. The van der Waals surface area contributed by atoms with Crippen molar-refractivity contribution in [2.75, 3.05) is 38.1 Å². The van der Waals surface area contributed by atoms with Crippen molar-refractivity contribution in [1.29, 1.82) is 0 Å². The smallest absolute Gasteiger partial charge is 0.206 e. The molecule has 0 aromatic carbocycles. The third-order valence-electron chi connectivity index (χ3n) is 2.42. The first kappa shape index (κ1) is 10.1. The van der Waals surface area contributed by atoms with Gasteiger partial charge in [-0.05, 0) is 32.2 Å². The quantitative estimate of drug-likeness (QED) is 0.739. The van der Waals surface area contributed by atoms with Crippen LogP contribution in [0.2, 0.25) is 0 Å². The van der Waals surface area contributed by atoms with Crippen molar-refractivity contribution in [3.8, 4) is 0 Å². The van der Waals surface area contributed by atoms with Crippen molar-refractivity contribution in [1.82, 2.24) is 15.1 Å². The van der Waals surface area contributed by atoms with E-state index in [0.29, 0.717) is 0 Å². The average molecular weight is 230 g/mol. The number of hydrogen-bond donors (Lipinski definition) is 1. The van der Waals surface area contributed by atoms with Gasteiger partial charge in [0.2, 0.25) is 5.13 Å². The maximum absolute atomic E-state index is 5.02. The monoisotopic (exact) mass is 230 g/mol. The van der Waals surface area contributed by atoms with Crippen LogP contribution in [0.3, 0.4) is 0 Å². The lowest BCUT2D eigenvalue weighted by molar-refractivity contribution is 0.360. The molecule has 2 rings (SSSR count). The summed E-state index contributed by atoms with van der Waals surface area (Å²) in [6.45, 7) is 4.41. The zero-order valence-electron chi connectivity index (χ0n) is 8.19. The van der Waals surface area contributed by atoms with Crippen molar-refractivity contribution < 1.29 is 0 Å². The fourth-order valence-electron chi connectivity index (χ4n) is 1.60. The molecule has 1 aromatic rings. The van der Waals surface area contributed by atoms with Crippen LogP contribution in [0.4, 0.5) is 5.13 Å². The highest BCUT2D eigenvalue weighted by Gasteiger charge is 2.14. The molecule has 0 bridgehead atoms. The van der Waals surface area contributed by atoms with E-state index in [4.69, 9.17) is 12.2 Å². The van der Waals surface area contributed by atoms with Gasteiger partial charge in [-0.1, -0.05) is 11.3 Å². The number of anilines is 1. The zero-order valence-corrected chi connectivity index (χ0v) is 9.83. The Morgan fingerprint density at radius 3 is 2.93 bits per heavy atom. The van der Waals surface area contributed by atoms with Gasteiger partial charge in [0.25, 0.3) is 0 Å². The minimum absolute atomic E-state index is 0.762. The Morgan fingerprint density at radius 2 is 2.21 bits per heavy atom. The molecule has 0 amide bonds. The van der Waals surface area contributed by atoms with E-state index in [1.165, 1.54) is 13.0 Å². The van der Waals surface area contributed by atoms with Crippen molar-refractivity contribution in [3.05, 3.63) is 3.95 Å². The molecule has 14 heavy (non-hydrogen) atoms. The zero-order chi connectivity index (χ0) is 9.97. The third-order valence-corrected chi connectivity index (χ3v) is 3.57. The van der Waals surface area contributed by atoms with Crippen LogP contribution in [0.15, 0.2) is 0 Å². The summed E-state index contributed by atoms with van der Waals surface area (Å²) in [5.41, 5.74) is 0. The molecule has 1 aliphatic rings. The van der Waals surface area contributed by atoms with E-state index in [0.717, 1.165) is 28.7 Å². The van der Waals surface area contributed by atoms with E-state index in [-0.39, 0.29) is 0 Å². The van der Waals surface area contributed by atoms with Gasteiger partial charge >= 0.3 is 0 Å². The highest BCUT2D eigenvalue weighted by atomic mass is 32.1. The number of likely N-dealkylation sites (N-methyl/N-ethyl adjacent to an activating group) is 1. The lowest BCUT2D eigenvalue weighted by Gasteiger charge is -2.18. The Hall–Kier alpha value is -0.460. The number of H-pyrrole nitrogens is 1.